The molecule has 0 bridgehead atoms. The second-order valence-electron chi connectivity index (χ2n) is 5.50. The van der Waals surface area contributed by atoms with Gasteiger partial charge in [-0.25, -0.2) is 0 Å². The number of non-ortho nitro benzene ring substituents is 1. The van der Waals surface area contributed by atoms with Crippen molar-refractivity contribution in [3.05, 3.63) is 32.3 Å². The van der Waals surface area contributed by atoms with E-state index >= 15 is 0 Å². The number of nitrogens with zero attached hydrogens (tertiary/aromatic N) is 1. The summed E-state index contributed by atoms with van der Waals surface area (Å²) < 4.78 is 17.1. The van der Waals surface area contributed by atoms with Gasteiger partial charge in [0.05, 0.1) is 40.5 Å². The van der Waals surface area contributed by atoms with Crippen molar-refractivity contribution in [2.75, 3.05) is 31.7 Å². The number of hydrogen-bond acceptors (Lipinski definition) is 6. The molecule has 1 atom stereocenters. The number of halogens is 2. The van der Waals surface area contributed by atoms with Gasteiger partial charge in [0.15, 0.2) is 5.79 Å². The first-order valence-electron chi connectivity index (χ1n) is 7.26. The van der Waals surface area contributed by atoms with E-state index in [0.717, 1.165) is 0 Å². The van der Waals surface area contributed by atoms with Gasteiger partial charge in [-0.15, -0.1) is 0 Å². The van der Waals surface area contributed by atoms with Crippen molar-refractivity contribution in [2.24, 2.45) is 0 Å². The summed E-state index contributed by atoms with van der Waals surface area (Å²) in [6.45, 7) is 2.16. The van der Waals surface area contributed by atoms with Crippen LogP contribution in [0.2, 0.25) is 10.0 Å². The number of hydrogen-bond donors (Lipinski definition) is 1. The lowest BCUT2D eigenvalue weighted by Crippen LogP contribution is -2.38. The molecule has 2 aliphatic rings. The molecular weight excluding hydrogens is 347 g/mol. The minimum absolute atomic E-state index is 0.143. The molecule has 0 aromatic heterocycles. The summed E-state index contributed by atoms with van der Waals surface area (Å²) in [5, 5.41) is 14.3. The Bertz CT molecular complexity index is 584. The molecule has 0 amide bonds. The number of benzene rings is 1. The summed E-state index contributed by atoms with van der Waals surface area (Å²) in [7, 11) is 0. The predicted octanol–water partition coefficient (Wildman–Crippen LogP) is 3.24. The number of rotatable bonds is 4. The molecule has 1 aromatic carbocycles. The Balaban J connectivity index is 1.62. The summed E-state index contributed by atoms with van der Waals surface area (Å²) in [6, 6.07) is 2.53. The third kappa shape index (κ3) is 3.70. The molecule has 1 aromatic rings. The van der Waals surface area contributed by atoms with Gasteiger partial charge in [-0.1, -0.05) is 23.2 Å². The average Bonchev–Trinajstić information content (AvgIpc) is 2.89. The largest absolute Gasteiger partial charge is 0.381 e. The SMILES string of the molecule is O=[N+]([O-])c1cc(Cl)c(NC[C@@H]2COC3(CCOCC3)O2)c(Cl)c1. The minimum atomic E-state index is -0.548. The molecule has 23 heavy (non-hydrogen) atoms. The highest BCUT2D eigenvalue weighted by Gasteiger charge is 2.42. The summed E-state index contributed by atoms with van der Waals surface area (Å²) in [5.74, 6) is -0.548. The minimum Gasteiger partial charge on any atom is -0.381 e. The van der Waals surface area contributed by atoms with Crippen molar-refractivity contribution < 1.29 is 19.1 Å². The van der Waals surface area contributed by atoms with Gasteiger partial charge < -0.3 is 19.5 Å². The summed E-state index contributed by atoms with van der Waals surface area (Å²) in [5.41, 5.74) is 0.308. The predicted molar refractivity (Wildman–Crippen MR) is 85.2 cm³/mol. The Morgan fingerprint density at radius 1 is 1.30 bits per heavy atom. The first-order chi connectivity index (χ1) is 11.0. The van der Waals surface area contributed by atoms with Gasteiger partial charge in [0.2, 0.25) is 0 Å². The van der Waals surface area contributed by atoms with Crippen LogP contribution in [0, 0.1) is 10.1 Å². The molecule has 3 rings (SSSR count). The van der Waals surface area contributed by atoms with Gasteiger partial charge in [-0.05, 0) is 0 Å². The van der Waals surface area contributed by atoms with Crippen LogP contribution in [0.5, 0.6) is 0 Å². The number of nitro groups is 1. The Hall–Kier alpha value is -1.12. The molecule has 0 unspecified atom stereocenters. The zero-order valence-electron chi connectivity index (χ0n) is 12.2. The molecule has 126 valence electrons. The number of anilines is 1. The Morgan fingerprint density at radius 2 is 1.96 bits per heavy atom. The molecule has 2 saturated heterocycles. The zero-order chi connectivity index (χ0) is 16.4. The van der Waals surface area contributed by atoms with Gasteiger partial charge >= 0.3 is 0 Å². The molecule has 2 aliphatic heterocycles. The van der Waals surface area contributed by atoms with Gasteiger partial charge in [0, 0.05) is 31.5 Å². The topological polar surface area (TPSA) is 82.9 Å². The van der Waals surface area contributed by atoms with Gasteiger partial charge in [0.1, 0.15) is 6.10 Å². The maximum atomic E-state index is 10.8. The van der Waals surface area contributed by atoms with E-state index in [0.29, 0.717) is 44.9 Å². The number of nitrogens with one attached hydrogen (secondary N) is 1. The van der Waals surface area contributed by atoms with E-state index in [1.807, 2.05) is 0 Å². The lowest BCUT2D eigenvalue weighted by molar-refractivity contribution is -0.384. The molecule has 7 nitrogen and oxygen atoms in total. The first kappa shape index (κ1) is 16.7. The fourth-order valence-electron chi connectivity index (χ4n) is 2.71. The van der Waals surface area contributed by atoms with Crippen molar-refractivity contribution >= 4 is 34.6 Å². The van der Waals surface area contributed by atoms with E-state index < -0.39 is 10.7 Å². The van der Waals surface area contributed by atoms with E-state index in [1.54, 1.807) is 0 Å². The van der Waals surface area contributed by atoms with Crippen LogP contribution in [0.4, 0.5) is 11.4 Å². The van der Waals surface area contributed by atoms with Gasteiger partial charge in [-0.3, -0.25) is 10.1 Å². The highest BCUT2D eigenvalue weighted by atomic mass is 35.5. The first-order valence-corrected chi connectivity index (χ1v) is 8.01. The molecule has 1 spiro atoms. The van der Waals surface area contributed by atoms with E-state index in [1.165, 1.54) is 12.1 Å². The quantitative estimate of drug-likeness (QED) is 0.653. The van der Waals surface area contributed by atoms with E-state index in [9.17, 15) is 10.1 Å². The van der Waals surface area contributed by atoms with Crippen LogP contribution in [0.3, 0.4) is 0 Å². The van der Waals surface area contributed by atoms with Crippen LogP contribution < -0.4 is 5.32 Å². The van der Waals surface area contributed by atoms with Crippen LogP contribution in [-0.2, 0) is 14.2 Å². The van der Waals surface area contributed by atoms with E-state index in [2.05, 4.69) is 5.32 Å². The van der Waals surface area contributed by atoms with E-state index in [-0.39, 0.29) is 21.8 Å². The maximum absolute atomic E-state index is 10.8. The molecule has 0 aliphatic carbocycles. The summed E-state index contributed by atoms with van der Waals surface area (Å²) >= 11 is 12.1. The lowest BCUT2D eigenvalue weighted by Gasteiger charge is -2.31. The fraction of sp³-hybridized carbons (Fsp3) is 0.571. The third-order valence-electron chi connectivity index (χ3n) is 3.91. The smallest absolute Gasteiger partial charge is 0.272 e. The van der Waals surface area contributed by atoms with Gasteiger partial charge in [-0.2, -0.15) is 0 Å². The zero-order valence-corrected chi connectivity index (χ0v) is 13.7. The fourth-order valence-corrected chi connectivity index (χ4v) is 3.32. The van der Waals surface area contributed by atoms with Crippen molar-refractivity contribution in [1.29, 1.82) is 0 Å². The van der Waals surface area contributed by atoms with Crippen LogP contribution in [0.25, 0.3) is 0 Å². The van der Waals surface area contributed by atoms with Crippen LogP contribution >= 0.6 is 23.2 Å². The Labute approximate surface area is 142 Å². The molecule has 1 N–H and O–H groups in total. The van der Waals surface area contributed by atoms with E-state index in [4.69, 9.17) is 37.4 Å². The lowest BCUT2D eigenvalue weighted by atomic mass is 10.1. The number of ether oxygens (including phenoxy) is 3. The van der Waals surface area contributed by atoms with Crippen molar-refractivity contribution in [3.63, 3.8) is 0 Å². The normalized spacial score (nSPS) is 23.1. The molecule has 0 radical (unpaired) electrons. The highest BCUT2D eigenvalue weighted by Crippen LogP contribution is 2.36. The van der Waals surface area contributed by atoms with Crippen molar-refractivity contribution in [3.8, 4) is 0 Å². The Morgan fingerprint density at radius 3 is 2.57 bits per heavy atom. The van der Waals surface area contributed by atoms with Crippen molar-refractivity contribution in [2.45, 2.75) is 24.7 Å². The molecular formula is C14H16Cl2N2O5. The van der Waals surface area contributed by atoms with Crippen molar-refractivity contribution in [1.82, 2.24) is 0 Å². The monoisotopic (exact) mass is 362 g/mol. The summed E-state index contributed by atoms with van der Waals surface area (Å²) in [6.07, 6.45) is 1.28. The molecule has 0 saturated carbocycles. The van der Waals surface area contributed by atoms with Crippen LogP contribution in [0.15, 0.2) is 12.1 Å². The molecule has 2 fully saturated rings. The van der Waals surface area contributed by atoms with Crippen LogP contribution in [0.1, 0.15) is 12.8 Å². The molecule has 2 heterocycles. The van der Waals surface area contributed by atoms with Crippen LogP contribution in [-0.4, -0.2) is 43.2 Å². The highest BCUT2D eigenvalue weighted by molar-refractivity contribution is 6.39. The van der Waals surface area contributed by atoms with Gasteiger partial charge in [0.25, 0.3) is 5.69 Å². The third-order valence-corrected chi connectivity index (χ3v) is 4.51. The molecule has 9 heteroatoms. The Kier molecular flexibility index (Phi) is 4.93. The maximum Gasteiger partial charge on any atom is 0.272 e. The average molecular weight is 363 g/mol. The number of nitro benzene ring substituents is 1. The standard InChI is InChI=1S/C14H16Cl2N2O5/c15-11-5-9(18(19)20)6-12(16)13(11)17-7-10-8-22-14(23-10)1-3-21-4-2-14/h5-6,10,17H,1-4,7-8H2/t10-/m1/s1. The second kappa shape index (κ2) is 6.78. The second-order valence-corrected chi connectivity index (χ2v) is 6.31. The summed E-state index contributed by atoms with van der Waals surface area (Å²) in [4.78, 5) is 10.2.